The maximum Gasteiger partial charge on any atom is 0.317 e. The molecule has 2 rings (SSSR count). The molecular formula is C18H26N2O. The maximum absolute atomic E-state index is 12.2. The van der Waals surface area contributed by atoms with Crippen LogP contribution >= 0.6 is 0 Å². The number of hydrogen-bond donors (Lipinski definition) is 1. The molecule has 114 valence electrons. The van der Waals surface area contributed by atoms with E-state index in [4.69, 9.17) is 0 Å². The smallest absolute Gasteiger partial charge is 0.317 e. The van der Waals surface area contributed by atoms with Gasteiger partial charge in [-0.15, -0.1) is 0 Å². The van der Waals surface area contributed by atoms with E-state index in [1.165, 1.54) is 12.0 Å². The molecule has 0 aromatic heterocycles. The van der Waals surface area contributed by atoms with Crippen molar-refractivity contribution in [2.75, 3.05) is 19.6 Å². The lowest BCUT2D eigenvalue weighted by atomic mass is 9.94. The highest BCUT2D eigenvalue weighted by molar-refractivity contribution is 5.74. The van der Waals surface area contributed by atoms with Gasteiger partial charge in [-0.3, -0.25) is 0 Å². The molecule has 0 heterocycles. The molecule has 1 N–H and O–H groups in total. The molecular weight excluding hydrogens is 260 g/mol. The van der Waals surface area contributed by atoms with Crippen LogP contribution in [0.1, 0.15) is 31.7 Å². The minimum Gasteiger partial charge on any atom is -0.338 e. The number of rotatable bonds is 6. The van der Waals surface area contributed by atoms with Gasteiger partial charge in [0.05, 0.1) is 0 Å². The van der Waals surface area contributed by atoms with E-state index in [9.17, 15) is 4.79 Å². The van der Waals surface area contributed by atoms with Gasteiger partial charge in [-0.1, -0.05) is 42.5 Å². The van der Waals surface area contributed by atoms with Crippen LogP contribution in [0.2, 0.25) is 0 Å². The normalized spacial score (nSPS) is 17.5. The largest absolute Gasteiger partial charge is 0.338 e. The molecule has 0 radical (unpaired) electrons. The fourth-order valence-corrected chi connectivity index (χ4v) is 2.70. The Kier molecular flexibility index (Phi) is 6.32. The van der Waals surface area contributed by atoms with Crippen molar-refractivity contribution in [2.24, 2.45) is 5.92 Å². The lowest BCUT2D eigenvalue weighted by Crippen LogP contribution is -2.42. The van der Waals surface area contributed by atoms with Gasteiger partial charge in [-0.05, 0) is 44.1 Å². The Labute approximate surface area is 128 Å². The summed E-state index contributed by atoms with van der Waals surface area (Å²) in [6, 6.07) is 10.4. The van der Waals surface area contributed by atoms with Crippen molar-refractivity contribution in [3.63, 3.8) is 0 Å². The van der Waals surface area contributed by atoms with Gasteiger partial charge >= 0.3 is 6.03 Å². The zero-order valence-electron chi connectivity index (χ0n) is 12.9. The van der Waals surface area contributed by atoms with Crippen molar-refractivity contribution >= 4 is 6.03 Å². The third-order valence-electron chi connectivity index (χ3n) is 4.10. The summed E-state index contributed by atoms with van der Waals surface area (Å²) in [7, 11) is 0. The number of nitrogens with zero attached hydrogens (tertiary/aromatic N) is 1. The summed E-state index contributed by atoms with van der Waals surface area (Å²) in [5, 5.41) is 3.09. The van der Waals surface area contributed by atoms with Gasteiger partial charge in [0.15, 0.2) is 0 Å². The molecule has 1 atom stereocenters. The highest BCUT2D eigenvalue weighted by Gasteiger charge is 2.14. The summed E-state index contributed by atoms with van der Waals surface area (Å²) >= 11 is 0. The average molecular weight is 286 g/mol. The van der Waals surface area contributed by atoms with Gasteiger partial charge < -0.3 is 10.2 Å². The van der Waals surface area contributed by atoms with Crippen LogP contribution < -0.4 is 5.32 Å². The Morgan fingerprint density at radius 2 is 2.10 bits per heavy atom. The van der Waals surface area contributed by atoms with Crippen molar-refractivity contribution in [3.8, 4) is 0 Å². The number of nitrogens with one attached hydrogen (secondary N) is 1. The van der Waals surface area contributed by atoms with E-state index in [0.29, 0.717) is 5.92 Å². The Bertz CT molecular complexity index is 456. The first kappa shape index (κ1) is 15.6. The molecule has 21 heavy (non-hydrogen) atoms. The Morgan fingerprint density at radius 3 is 2.76 bits per heavy atom. The van der Waals surface area contributed by atoms with Gasteiger partial charge in [0.2, 0.25) is 0 Å². The molecule has 0 saturated heterocycles. The minimum absolute atomic E-state index is 0.0722. The monoisotopic (exact) mass is 286 g/mol. The van der Waals surface area contributed by atoms with Gasteiger partial charge in [0.25, 0.3) is 0 Å². The van der Waals surface area contributed by atoms with E-state index >= 15 is 0 Å². The first-order chi connectivity index (χ1) is 10.3. The SMILES string of the molecule is CCN(CCc1ccccc1)C(=O)NCC1CC=CCC1. The second kappa shape index (κ2) is 8.50. The van der Waals surface area contributed by atoms with Crippen molar-refractivity contribution in [1.82, 2.24) is 10.2 Å². The van der Waals surface area contributed by atoms with Crippen molar-refractivity contribution in [2.45, 2.75) is 32.6 Å². The fraction of sp³-hybridized carbons (Fsp3) is 0.500. The molecule has 0 fully saturated rings. The summed E-state index contributed by atoms with van der Waals surface area (Å²) in [5.74, 6) is 0.603. The zero-order chi connectivity index (χ0) is 14.9. The molecule has 1 unspecified atom stereocenters. The predicted octanol–water partition coefficient (Wildman–Crippen LogP) is 3.62. The van der Waals surface area contributed by atoms with Gasteiger partial charge in [0.1, 0.15) is 0 Å². The van der Waals surface area contributed by atoms with E-state index in [0.717, 1.165) is 38.9 Å². The van der Waals surface area contributed by atoms with Crippen LogP contribution in [0.25, 0.3) is 0 Å². The summed E-state index contributed by atoms with van der Waals surface area (Å²) in [6.07, 6.45) is 8.80. The van der Waals surface area contributed by atoms with Crippen LogP contribution in [0.5, 0.6) is 0 Å². The average Bonchev–Trinajstić information content (AvgIpc) is 2.55. The van der Waals surface area contributed by atoms with Crippen LogP contribution in [0, 0.1) is 5.92 Å². The number of allylic oxidation sites excluding steroid dienone is 2. The van der Waals surface area contributed by atoms with E-state index in [2.05, 4.69) is 29.6 Å². The molecule has 0 spiro atoms. The first-order valence-corrected chi connectivity index (χ1v) is 8.01. The topological polar surface area (TPSA) is 32.3 Å². The van der Waals surface area contributed by atoms with Crippen LogP contribution in [0.15, 0.2) is 42.5 Å². The molecule has 1 aromatic carbocycles. The van der Waals surface area contributed by atoms with E-state index in [-0.39, 0.29) is 6.03 Å². The highest BCUT2D eigenvalue weighted by Crippen LogP contribution is 2.16. The molecule has 0 saturated carbocycles. The van der Waals surface area contributed by atoms with Crippen LogP contribution in [0.3, 0.4) is 0 Å². The van der Waals surface area contributed by atoms with Crippen LogP contribution in [-0.2, 0) is 6.42 Å². The van der Waals surface area contributed by atoms with Crippen molar-refractivity contribution < 1.29 is 4.79 Å². The Hall–Kier alpha value is -1.77. The highest BCUT2D eigenvalue weighted by atomic mass is 16.2. The molecule has 0 aliphatic heterocycles. The summed E-state index contributed by atoms with van der Waals surface area (Å²) in [4.78, 5) is 14.1. The van der Waals surface area contributed by atoms with Gasteiger partial charge in [-0.25, -0.2) is 4.79 Å². The first-order valence-electron chi connectivity index (χ1n) is 8.01. The number of carbonyl (C=O) groups excluding carboxylic acids is 1. The summed E-state index contributed by atoms with van der Waals surface area (Å²) < 4.78 is 0. The number of hydrogen-bond acceptors (Lipinski definition) is 1. The third kappa shape index (κ3) is 5.25. The van der Waals surface area contributed by atoms with Crippen LogP contribution in [-0.4, -0.2) is 30.6 Å². The van der Waals surface area contributed by atoms with Gasteiger partial charge in [-0.2, -0.15) is 0 Å². The zero-order valence-corrected chi connectivity index (χ0v) is 12.9. The second-order valence-corrected chi connectivity index (χ2v) is 5.65. The summed E-state index contributed by atoms with van der Waals surface area (Å²) in [5.41, 5.74) is 1.28. The quantitative estimate of drug-likeness (QED) is 0.796. The fourth-order valence-electron chi connectivity index (χ4n) is 2.70. The maximum atomic E-state index is 12.2. The van der Waals surface area contributed by atoms with Crippen LogP contribution in [0.4, 0.5) is 4.79 Å². The van der Waals surface area contributed by atoms with E-state index < -0.39 is 0 Å². The lowest BCUT2D eigenvalue weighted by molar-refractivity contribution is 0.198. The third-order valence-corrected chi connectivity index (χ3v) is 4.10. The minimum atomic E-state index is 0.0722. The van der Waals surface area contributed by atoms with Gasteiger partial charge in [0, 0.05) is 19.6 Å². The molecule has 1 aromatic rings. The van der Waals surface area contributed by atoms with Crippen molar-refractivity contribution in [3.05, 3.63) is 48.0 Å². The number of amides is 2. The molecule has 1 aliphatic carbocycles. The number of likely N-dealkylation sites (N-methyl/N-ethyl adjacent to an activating group) is 1. The Morgan fingerprint density at radius 1 is 1.29 bits per heavy atom. The molecule has 3 nitrogen and oxygen atoms in total. The second-order valence-electron chi connectivity index (χ2n) is 5.65. The molecule has 0 bridgehead atoms. The lowest BCUT2D eigenvalue weighted by Gasteiger charge is -2.24. The van der Waals surface area contributed by atoms with E-state index in [1.54, 1.807) is 0 Å². The standard InChI is InChI=1S/C18H26N2O/c1-2-20(14-13-16-9-5-3-6-10-16)18(21)19-15-17-11-7-4-8-12-17/h3-7,9-10,17H,2,8,11-15H2,1H3,(H,19,21). The molecule has 2 amide bonds. The Balaban J connectivity index is 1.74. The number of carbonyl (C=O) groups is 1. The number of benzene rings is 1. The molecule has 3 heteroatoms. The van der Waals surface area contributed by atoms with E-state index in [1.807, 2.05) is 30.0 Å². The summed E-state index contributed by atoms with van der Waals surface area (Å²) in [6.45, 7) is 4.36. The molecule has 1 aliphatic rings. The number of urea groups is 1. The predicted molar refractivity (Wildman–Crippen MR) is 87.3 cm³/mol. The van der Waals surface area contributed by atoms with Crippen molar-refractivity contribution in [1.29, 1.82) is 0 Å².